The standard InChI is InChI=1S/C9H15N3O2.ClH/c1-8(2,3)14-7(13)12-5-9(11,4-10)6-12;/h5-6,11H2,1-3H3;1H. The summed E-state index contributed by atoms with van der Waals surface area (Å²) in [5.74, 6) is 0. The zero-order valence-corrected chi connectivity index (χ0v) is 9.93. The highest BCUT2D eigenvalue weighted by Gasteiger charge is 2.43. The second kappa shape index (κ2) is 4.25. The molecule has 0 unspecified atom stereocenters. The molecule has 86 valence electrons. The predicted molar refractivity (Wildman–Crippen MR) is 57.6 cm³/mol. The molecule has 0 spiro atoms. The molecule has 1 saturated heterocycles. The first-order chi connectivity index (χ1) is 6.26. The number of nitriles is 1. The molecule has 0 radical (unpaired) electrons. The molecule has 0 aromatic carbocycles. The van der Waals surface area contributed by atoms with Gasteiger partial charge in [0.2, 0.25) is 0 Å². The lowest BCUT2D eigenvalue weighted by atomic mass is 9.94. The Kier molecular flexibility index (Phi) is 3.97. The summed E-state index contributed by atoms with van der Waals surface area (Å²) in [6.07, 6.45) is -0.408. The molecule has 0 saturated carbocycles. The van der Waals surface area contributed by atoms with E-state index in [9.17, 15) is 4.79 Å². The topological polar surface area (TPSA) is 79.3 Å². The molecule has 0 aliphatic carbocycles. The molecule has 1 heterocycles. The maximum absolute atomic E-state index is 11.4. The minimum Gasteiger partial charge on any atom is -0.444 e. The molecule has 6 heteroatoms. The Hall–Kier alpha value is -0.990. The van der Waals surface area contributed by atoms with Gasteiger partial charge in [0, 0.05) is 0 Å². The van der Waals surface area contributed by atoms with Crippen LogP contribution in [0, 0.1) is 11.3 Å². The minimum absolute atomic E-state index is 0. The first-order valence-electron chi connectivity index (χ1n) is 4.44. The van der Waals surface area contributed by atoms with Gasteiger partial charge in [-0.15, -0.1) is 12.4 Å². The van der Waals surface area contributed by atoms with Crippen molar-refractivity contribution >= 4 is 18.5 Å². The van der Waals surface area contributed by atoms with E-state index in [4.69, 9.17) is 15.7 Å². The third-order valence-electron chi connectivity index (χ3n) is 1.82. The number of nitrogens with two attached hydrogens (primary N) is 1. The van der Waals surface area contributed by atoms with Gasteiger partial charge in [0.1, 0.15) is 11.1 Å². The Morgan fingerprint density at radius 3 is 2.33 bits per heavy atom. The summed E-state index contributed by atoms with van der Waals surface area (Å²) in [5, 5.41) is 8.62. The van der Waals surface area contributed by atoms with E-state index in [1.807, 2.05) is 6.07 Å². The molecule has 1 aliphatic rings. The number of hydrogen-bond donors (Lipinski definition) is 1. The number of hydrogen-bond acceptors (Lipinski definition) is 4. The first-order valence-corrected chi connectivity index (χ1v) is 4.44. The highest BCUT2D eigenvalue weighted by molar-refractivity contribution is 5.85. The monoisotopic (exact) mass is 233 g/mol. The number of likely N-dealkylation sites (tertiary alicyclic amines) is 1. The second-order valence-electron chi connectivity index (χ2n) is 4.60. The van der Waals surface area contributed by atoms with Gasteiger partial charge in [-0.1, -0.05) is 0 Å². The summed E-state index contributed by atoms with van der Waals surface area (Å²) in [6, 6.07) is 1.95. The Balaban J connectivity index is 0.00000196. The third kappa shape index (κ3) is 3.57. The van der Waals surface area contributed by atoms with Gasteiger partial charge in [0.05, 0.1) is 19.2 Å². The molecule has 0 bridgehead atoms. The SMILES string of the molecule is CC(C)(C)OC(=O)N1CC(N)(C#N)C1.Cl. The van der Waals surface area contributed by atoms with E-state index >= 15 is 0 Å². The Labute approximate surface area is 95.6 Å². The molecule has 1 amide bonds. The highest BCUT2D eigenvalue weighted by atomic mass is 35.5. The number of carbonyl (C=O) groups is 1. The molecule has 15 heavy (non-hydrogen) atoms. The lowest BCUT2D eigenvalue weighted by Crippen LogP contribution is -2.68. The Morgan fingerprint density at radius 1 is 1.53 bits per heavy atom. The van der Waals surface area contributed by atoms with Gasteiger partial charge in [0.25, 0.3) is 0 Å². The zero-order valence-electron chi connectivity index (χ0n) is 9.11. The molecule has 1 fully saturated rings. The van der Waals surface area contributed by atoms with Gasteiger partial charge in [-0.05, 0) is 20.8 Å². The molecule has 0 atom stereocenters. The lowest BCUT2D eigenvalue weighted by Gasteiger charge is -2.42. The summed E-state index contributed by atoms with van der Waals surface area (Å²) in [5.41, 5.74) is 4.20. The molecule has 0 aromatic heterocycles. The summed E-state index contributed by atoms with van der Waals surface area (Å²) in [6.45, 7) is 5.89. The normalized spacial score (nSPS) is 18.2. The van der Waals surface area contributed by atoms with Crippen LogP contribution in [0.25, 0.3) is 0 Å². The van der Waals surface area contributed by atoms with Gasteiger partial charge >= 0.3 is 6.09 Å². The van der Waals surface area contributed by atoms with Gasteiger partial charge in [-0.25, -0.2) is 4.79 Å². The van der Waals surface area contributed by atoms with Crippen LogP contribution in [0.3, 0.4) is 0 Å². The van der Waals surface area contributed by atoms with E-state index in [-0.39, 0.29) is 25.5 Å². The van der Waals surface area contributed by atoms with Crippen LogP contribution in [0.4, 0.5) is 4.79 Å². The van der Waals surface area contributed by atoms with Crippen LogP contribution in [0.1, 0.15) is 20.8 Å². The third-order valence-corrected chi connectivity index (χ3v) is 1.82. The van der Waals surface area contributed by atoms with Crippen molar-refractivity contribution in [3.8, 4) is 6.07 Å². The summed E-state index contributed by atoms with van der Waals surface area (Å²) in [4.78, 5) is 12.8. The number of rotatable bonds is 0. The molecular weight excluding hydrogens is 218 g/mol. The van der Waals surface area contributed by atoms with E-state index in [0.717, 1.165) is 0 Å². The van der Waals surface area contributed by atoms with Crippen molar-refractivity contribution in [1.82, 2.24) is 4.90 Å². The van der Waals surface area contributed by atoms with Crippen LogP contribution in [0.2, 0.25) is 0 Å². The smallest absolute Gasteiger partial charge is 0.410 e. The Bertz CT molecular complexity index is 287. The fourth-order valence-corrected chi connectivity index (χ4v) is 1.16. The van der Waals surface area contributed by atoms with Crippen molar-refractivity contribution < 1.29 is 9.53 Å². The van der Waals surface area contributed by atoms with E-state index in [1.165, 1.54) is 4.90 Å². The van der Waals surface area contributed by atoms with Crippen LogP contribution in [0.5, 0.6) is 0 Å². The fraction of sp³-hybridized carbons (Fsp3) is 0.778. The average Bonchev–Trinajstić information content (AvgIpc) is 1.95. The van der Waals surface area contributed by atoms with Crippen LogP contribution in [-0.2, 0) is 4.74 Å². The molecule has 0 aromatic rings. The number of carbonyl (C=O) groups excluding carboxylic acids is 1. The van der Waals surface area contributed by atoms with Crippen molar-refractivity contribution in [3.63, 3.8) is 0 Å². The maximum Gasteiger partial charge on any atom is 0.410 e. The summed E-state index contributed by atoms with van der Waals surface area (Å²) < 4.78 is 5.10. The van der Waals surface area contributed by atoms with Crippen LogP contribution in [0.15, 0.2) is 0 Å². The number of nitrogens with zero attached hydrogens (tertiary/aromatic N) is 2. The van der Waals surface area contributed by atoms with E-state index in [1.54, 1.807) is 20.8 Å². The first kappa shape index (κ1) is 14.0. The van der Waals surface area contributed by atoms with Gasteiger partial charge < -0.3 is 15.4 Å². The van der Waals surface area contributed by atoms with Gasteiger partial charge in [-0.3, -0.25) is 0 Å². The zero-order chi connectivity index (χ0) is 11.0. The molecule has 1 rings (SSSR count). The van der Waals surface area contributed by atoms with Crippen molar-refractivity contribution in [2.75, 3.05) is 13.1 Å². The van der Waals surface area contributed by atoms with Crippen LogP contribution in [-0.4, -0.2) is 35.2 Å². The molecule has 2 N–H and O–H groups in total. The van der Waals surface area contributed by atoms with Gasteiger partial charge in [0.15, 0.2) is 0 Å². The largest absolute Gasteiger partial charge is 0.444 e. The van der Waals surface area contributed by atoms with Crippen LogP contribution < -0.4 is 5.73 Å². The lowest BCUT2D eigenvalue weighted by molar-refractivity contribution is 0.000911. The fourth-order valence-electron chi connectivity index (χ4n) is 1.16. The average molecular weight is 234 g/mol. The van der Waals surface area contributed by atoms with Crippen LogP contribution >= 0.6 is 12.4 Å². The number of amides is 1. The van der Waals surface area contributed by atoms with E-state index in [2.05, 4.69) is 0 Å². The summed E-state index contributed by atoms with van der Waals surface area (Å²) in [7, 11) is 0. The summed E-state index contributed by atoms with van der Waals surface area (Å²) >= 11 is 0. The van der Waals surface area contributed by atoms with Crippen molar-refractivity contribution in [2.45, 2.75) is 31.9 Å². The highest BCUT2D eigenvalue weighted by Crippen LogP contribution is 2.20. The van der Waals surface area contributed by atoms with Crippen molar-refractivity contribution in [3.05, 3.63) is 0 Å². The molecule has 1 aliphatic heterocycles. The van der Waals surface area contributed by atoms with E-state index in [0.29, 0.717) is 0 Å². The van der Waals surface area contributed by atoms with Gasteiger partial charge in [-0.2, -0.15) is 5.26 Å². The van der Waals surface area contributed by atoms with E-state index < -0.39 is 17.2 Å². The molecule has 5 nitrogen and oxygen atoms in total. The van der Waals surface area contributed by atoms with Crippen molar-refractivity contribution in [2.24, 2.45) is 5.73 Å². The molecular formula is C9H16ClN3O2. The van der Waals surface area contributed by atoms with Crippen molar-refractivity contribution in [1.29, 1.82) is 5.26 Å². The second-order valence-corrected chi connectivity index (χ2v) is 4.60. The number of ether oxygens (including phenoxy) is 1. The predicted octanol–water partition coefficient (Wildman–Crippen LogP) is 0.880. The Morgan fingerprint density at radius 2 is 2.00 bits per heavy atom. The number of halogens is 1. The maximum atomic E-state index is 11.4. The minimum atomic E-state index is -0.878. The quantitative estimate of drug-likeness (QED) is 0.674.